The van der Waals surface area contributed by atoms with Crippen LogP contribution < -0.4 is 16.4 Å². The van der Waals surface area contributed by atoms with Gasteiger partial charge in [-0.15, -0.1) is 0 Å². The smallest absolute Gasteiger partial charge is 0.272 e. The number of fused-ring (bicyclic) bond motifs is 1. The fourth-order valence-corrected chi connectivity index (χ4v) is 3.20. The van der Waals surface area contributed by atoms with E-state index in [2.05, 4.69) is 15.5 Å². The van der Waals surface area contributed by atoms with Crippen LogP contribution in [0.5, 0.6) is 0 Å². The number of nitrogens with one attached hydrogen (secondary N) is 3. The number of hydrogen-bond acceptors (Lipinski definition) is 3. The van der Waals surface area contributed by atoms with Gasteiger partial charge < -0.3 is 5.32 Å². The molecule has 0 spiro atoms. The van der Waals surface area contributed by atoms with Gasteiger partial charge in [0.1, 0.15) is 0 Å². The summed E-state index contributed by atoms with van der Waals surface area (Å²) in [5, 5.41) is 9.03. The van der Waals surface area contributed by atoms with E-state index in [1.54, 1.807) is 6.07 Å². The third-order valence-electron chi connectivity index (χ3n) is 4.38. The summed E-state index contributed by atoms with van der Waals surface area (Å²) in [6.45, 7) is 0.866. The maximum atomic E-state index is 12.0. The highest BCUT2D eigenvalue weighted by Crippen LogP contribution is 2.24. The van der Waals surface area contributed by atoms with Gasteiger partial charge in [-0.2, -0.15) is 0 Å². The van der Waals surface area contributed by atoms with E-state index in [-0.39, 0.29) is 11.1 Å². The van der Waals surface area contributed by atoms with Gasteiger partial charge in [0.2, 0.25) is 0 Å². The Morgan fingerprint density at radius 3 is 2.48 bits per heavy atom. The SMILES string of the molecule is O=c1[nH][nH]c(=O)c2c(NCC3CCCCCC3)cccc12. The van der Waals surface area contributed by atoms with Crippen molar-refractivity contribution in [3.05, 3.63) is 38.9 Å². The van der Waals surface area contributed by atoms with Gasteiger partial charge in [-0.25, -0.2) is 0 Å². The van der Waals surface area contributed by atoms with E-state index in [4.69, 9.17) is 0 Å². The van der Waals surface area contributed by atoms with Gasteiger partial charge in [0, 0.05) is 12.2 Å². The van der Waals surface area contributed by atoms with E-state index in [9.17, 15) is 9.59 Å². The number of rotatable bonds is 3. The molecule has 5 nitrogen and oxygen atoms in total. The lowest BCUT2D eigenvalue weighted by molar-refractivity contribution is 0.483. The van der Waals surface area contributed by atoms with Gasteiger partial charge in [-0.1, -0.05) is 31.7 Å². The molecule has 21 heavy (non-hydrogen) atoms. The van der Waals surface area contributed by atoms with Gasteiger partial charge in [-0.05, 0) is 30.9 Å². The Labute approximate surface area is 122 Å². The minimum atomic E-state index is -0.261. The molecule has 3 rings (SSSR count). The molecule has 3 N–H and O–H groups in total. The molecule has 0 bridgehead atoms. The molecule has 2 aromatic rings. The molecule has 0 amide bonds. The number of aromatic nitrogens is 2. The second-order valence-electron chi connectivity index (χ2n) is 5.87. The first kappa shape index (κ1) is 13.9. The largest absolute Gasteiger partial charge is 0.384 e. The monoisotopic (exact) mass is 287 g/mol. The molecule has 0 radical (unpaired) electrons. The molecule has 112 valence electrons. The van der Waals surface area contributed by atoms with Crippen LogP contribution in [-0.2, 0) is 0 Å². The lowest BCUT2D eigenvalue weighted by Crippen LogP contribution is -2.21. The molecule has 1 saturated carbocycles. The second-order valence-corrected chi connectivity index (χ2v) is 5.87. The van der Waals surface area contributed by atoms with Crippen LogP contribution in [0.3, 0.4) is 0 Å². The quantitative estimate of drug-likeness (QED) is 0.759. The summed E-state index contributed by atoms with van der Waals surface area (Å²) in [7, 11) is 0. The maximum absolute atomic E-state index is 12.0. The number of aromatic amines is 2. The zero-order valence-corrected chi connectivity index (χ0v) is 12.1. The zero-order valence-electron chi connectivity index (χ0n) is 12.1. The number of anilines is 1. The molecule has 1 aliphatic rings. The van der Waals surface area contributed by atoms with Gasteiger partial charge in [-0.3, -0.25) is 19.8 Å². The van der Waals surface area contributed by atoms with Crippen LogP contribution in [-0.4, -0.2) is 16.7 Å². The Kier molecular flexibility index (Phi) is 4.08. The van der Waals surface area contributed by atoms with Crippen molar-refractivity contribution in [2.45, 2.75) is 38.5 Å². The number of benzene rings is 1. The normalized spacial score (nSPS) is 16.8. The predicted octanol–water partition coefficient (Wildman–Crippen LogP) is 2.60. The van der Waals surface area contributed by atoms with Crippen molar-refractivity contribution >= 4 is 16.5 Å². The molecule has 0 saturated heterocycles. The lowest BCUT2D eigenvalue weighted by atomic mass is 10.00. The van der Waals surface area contributed by atoms with Crippen LogP contribution in [0.15, 0.2) is 27.8 Å². The first-order chi connectivity index (χ1) is 10.3. The van der Waals surface area contributed by atoms with Crippen LogP contribution in [0.2, 0.25) is 0 Å². The average molecular weight is 287 g/mol. The van der Waals surface area contributed by atoms with Gasteiger partial charge in [0.05, 0.1) is 10.8 Å². The summed E-state index contributed by atoms with van der Waals surface area (Å²) >= 11 is 0. The Morgan fingerprint density at radius 2 is 1.71 bits per heavy atom. The summed E-state index contributed by atoms with van der Waals surface area (Å²) in [6.07, 6.45) is 7.74. The average Bonchev–Trinajstić information content (AvgIpc) is 2.77. The highest BCUT2D eigenvalue weighted by Gasteiger charge is 2.13. The maximum Gasteiger partial charge on any atom is 0.272 e. The molecule has 1 heterocycles. The van der Waals surface area contributed by atoms with E-state index in [0.29, 0.717) is 16.7 Å². The van der Waals surface area contributed by atoms with E-state index in [1.807, 2.05) is 12.1 Å². The van der Waals surface area contributed by atoms with E-state index >= 15 is 0 Å². The van der Waals surface area contributed by atoms with Crippen molar-refractivity contribution in [3.63, 3.8) is 0 Å². The lowest BCUT2D eigenvalue weighted by Gasteiger charge is -2.16. The standard InChI is InChI=1S/C16H21N3O2/c20-15-12-8-5-9-13(14(12)16(21)19-18-15)17-10-11-6-3-1-2-4-7-11/h5,8-9,11,17H,1-4,6-7,10H2,(H,18,20)(H,19,21). The fraction of sp³-hybridized carbons (Fsp3) is 0.500. The topological polar surface area (TPSA) is 77.8 Å². The van der Waals surface area contributed by atoms with Crippen LogP contribution in [0, 0.1) is 5.92 Å². The minimum absolute atomic E-state index is 0.256. The third kappa shape index (κ3) is 3.01. The fourth-order valence-electron chi connectivity index (χ4n) is 3.20. The van der Waals surface area contributed by atoms with Gasteiger partial charge >= 0.3 is 0 Å². The van der Waals surface area contributed by atoms with Crippen molar-refractivity contribution in [2.24, 2.45) is 5.92 Å². The van der Waals surface area contributed by atoms with Crippen molar-refractivity contribution in [1.29, 1.82) is 0 Å². The van der Waals surface area contributed by atoms with Crippen molar-refractivity contribution in [1.82, 2.24) is 10.2 Å². The molecule has 0 unspecified atom stereocenters. The number of hydrogen-bond donors (Lipinski definition) is 3. The minimum Gasteiger partial charge on any atom is -0.384 e. The predicted molar refractivity (Wildman–Crippen MR) is 84.9 cm³/mol. The zero-order chi connectivity index (χ0) is 14.7. The van der Waals surface area contributed by atoms with Crippen molar-refractivity contribution in [2.75, 3.05) is 11.9 Å². The Morgan fingerprint density at radius 1 is 1.00 bits per heavy atom. The molecular formula is C16H21N3O2. The highest BCUT2D eigenvalue weighted by atomic mass is 16.1. The molecule has 1 aromatic carbocycles. The summed E-state index contributed by atoms with van der Waals surface area (Å²) < 4.78 is 0. The first-order valence-corrected chi connectivity index (χ1v) is 7.73. The summed E-state index contributed by atoms with van der Waals surface area (Å²) in [5.41, 5.74) is 0.236. The molecule has 5 heteroatoms. The van der Waals surface area contributed by atoms with E-state index in [1.165, 1.54) is 38.5 Å². The van der Waals surface area contributed by atoms with Gasteiger partial charge in [0.25, 0.3) is 11.1 Å². The van der Waals surface area contributed by atoms with Gasteiger partial charge in [0.15, 0.2) is 0 Å². The molecule has 1 aliphatic carbocycles. The second kappa shape index (κ2) is 6.16. The van der Waals surface area contributed by atoms with Crippen LogP contribution >= 0.6 is 0 Å². The highest BCUT2D eigenvalue weighted by molar-refractivity contribution is 5.92. The molecular weight excluding hydrogens is 266 g/mol. The number of H-pyrrole nitrogens is 2. The van der Waals surface area contributed by atoms with Crippen molar-refractivity contribution in [3.8, 4) is 0 Å². The first-order valence-electron chi connectivity index (χ1n) is 7.73. The van der Waals surface area contributed by atoms with Crippen LogP contribution in [0.25, 0.3) is 10.8 Å². The van der Waals surface area contributed by atoms with E-state index in [0.717, 1.165) is 12.2 Å². The Hall–Kier alpha value is -2.04. The Bertz CT molecular complexity index is 724. The summed E-state index contributed by atoms with van der Waals surface area (Å²) in [4.78, 5) is 23.8. The molecule has 1 fully saturated rings. The molecule has 0 aliphatic heterocycles. The Balaban J connectivity index is 1.85. The van der Waals surface area contributed by atoms with E-state index < -0.39 is 0 Å². The summed E-state index contributed by atoms with van der Waals surface area (Å²) in [5.74, 6) is 0.656. The molecule has 0 atom stereocenters. The van der Waals surface area contributed by atoms with Crippen molar-refractivity contribution < 1.29 is 0 Å². The third-order valence-corrected chi connectivity index (χ3v) is 4.38. The van der Waals surface area contributed by atoms with Crippen LogP contribution in [0.4, 0.5) is 5.69 Å². The summed E-state index contributed by atoms with van der Waals surface area (Å²) in [6, 6.07) is 5.36. The van der Waals surface area contributed by atoms with Crippen LogP contribution in [0.1, 0.15) is 38.5 Å². The molecule has 1 aromatic heterocycles.